The molecule has 2 heterocycles. The molecule has 1 N–H and O–H groups in total. The summed E-state index contributed by atoms with van der Waals surface area (Å²) >= 11 is 7.57. The molecule has 174 valence electrons. The Morgan fingerprint density at radius 2 is 1.91 bits per heavy atom. The van der Waals surface area contributed by atoms with Gasteiger partial charge in [-0.05, 0) is 50.8 Å². The molecule has 1 aromatic carbocycles. The summed E-state index contributed by atoms with van der Waals surface area (Å²) in [5.41, 5.74) is 0.295. The SMILES string of the molecule is CCn1c(SCC(=O)Nc2cc(S(=O)(=O)N3CCCCCC3)ccc2Cl)nnc1C1CC1. The zero-order chi connectivity index (χ0) is 22.7. The van der Waals surface area contributed by atoms with Crippen LogP contribution in [0.15, 0.2) is 28.3 Å². The zero-order valence-corrected chi connectivity index (χ0v) is 20.5. The maximum Gasteiger partial charge on any atom is 0.243 e. The van der Waals surface area contributed by atoms with Crippen LogP contribution in [0.3, 0.4) is 0 Å². The Morgan fingerprint density at radius 1 is 1.19 bits per heavy atom. The summed E-state index contributed by atoms with van der Waals surface area (Å²) in [4.78, 5) is 12.7. The smallest absolute Gasteiger partial charge is 0.243 e. The van der Waals surface area contributed by atoms with Gasteiger partial charge in [-0.2, -0.15) is 4.31 Å². The highest BCUT2D eigenvalue weighted by molar-refractivity contribution is 7.99. The topological polar surface area (TPSA) is 97.2 Å². The molecule has 2 fully saturated rings. The Morgan fingerprint density at radius 3 is 2.56 bits per heavy atom. The molecule has 32 heavy (non-hydrogen) atoms. The molecule has 8 nitrogen and oxygen atoms in total. The highest BCUT2D eigenvalue weighted by atomic mass is 35.5. The molecule has 0 radical (unpaired) electrons. The Labute approximate surface area is 198 Å². The molecule has 0 spiro atoms. The number of anilines is 1. The normalized spacial score (nSPS) is 17.8. The number of carbonyl (C=O) groups excluding carboxylic acids is 1. The standard InChI is InChI=1S/C21H28ClN5O3S2/c1-2-27-20(15-7-8-15)24-25-21(27)31-14-19(28)23-18-13-16(9-10-17(18)22)32(29,30)26-11-5-3-4-6-12-26/h9-10,13,15H,2-8,11-12,14H2,1H3,(H,23,28). The average molecular weight is 498 g/mol. The van der Waals surface area contributed by atoms with E-state index in [1.54, 1.807) is 0 Å². The molecule has 0 atom stereocenters. The quantitative estimate of drug-likeness (QED) is 0.551. The highest BCUT2D eigenvalue weighted by Gasteiger charge is 2.30. The molecule has 0 bridgehead atoms. The van der Waals surface area contributed by atoms with E-state index in [0.29, 0.717) is 34.9 Å². The molecule has 1 saturated carbocycles. The van der Waals surface area contributed by atoms with Crippen LogP contribution >= 0.6 is 23.4 Å². The molecule has 1 aliphatic heterocycles. The van der Waals surface area contributed by atoms with Crippen molar-refractivity contribution < 1.29 is 13.2 Å². The van der Waals surface area contributed by atoms with Crippen LogP contribution in [-0.2, 0) is 21.4 Å². The molecule has 1 aromatic heterocycles. The summed E-state index contributed by atoms with van der Waals surface area (Å²) in [6.45, 7) is 3.83. The van der Waals surface area contributed by atoms with Crippen LogP contribution in [0, 0.1) is 0 Å². The molecule has 1 saturated heterocycles. The summed E-state index contributed by atoms with van der Waals surface area (Å²) in [5, 5.41) is 12.3. The van der Waals surface area contributed by atoms with Gasteiger partial charge in [0.25, 0.3) is 0 Å². The number of carbonyl (C=O) groups is 1. The molecule has 4 rings (SSSR count). The van der Waals surface area contributed by atoms with Gasteiger partial charge in [-0.25, -0.2) is 8.42 Å². The number of sulfonamides is 1. The number of hydrogen-bond donors (Lipinski definition) is 1. The van der Waals surface area contributed by atoms with Crippen LogP contribution in [0.5, 0.6) is 0 Å². The minimum Gasteiger partial charge on any atom is -0.324 e. The summed E-state index contributed by atoms with van der Waals surface area (Å²) in [5.74, 6) is 1.32. The van der Waals surface area contributed by atoms with Crippen molar-refractivity contribution in [2.24, 2.45) is 0 Å². The second-order valence-corrected chi connectivity index (χ2v) is 11.4. The first-order valence-corrected chi connectivity index (χ1v) is 13.9. The third-order valence-corrected chi connectivity index (χ3v) is 8.94. The lowest BCUT2D eigenvalue weighted by molar-refractivity contribution is -0.113. The van der Waals surface area contributed by atoms with Crippen LogP contribution in [0.25, 0.3) is 0 Å². The van der Waals surface area contributed by atoms with E-state index in [4.69, 9.17) is 11.6 Å². The summed E-state index contributed by atoms with van der Waals surface area (Å²) in [7, 11) is -3.63. The third-order valence-electron chi connectivity index (χ3n) is 5.75. The molecule has 2 aliphatic rings. The van der Waals surface area contributed by atoms with Crippen molar-refractivity contribution in [2.75, 3.05) is 24.2 Å². The Balaban J connectivity index is 1.43. The molecular formula is C21H28ClN5O3S2. The molecule has 11 heteroatoms. The molecule has 1 amide bonds. The van der Waals surface area contributed by atoms with Crippen LogP contribution in [0.4, 0.5) is 5.69 Å². The highest BCUT2D eigenvalue weighted by Crippen LogP contribution is 2.40. The summed E-state index contributed by atoms with van der Waals surface area (Å²) in [6, 6.07) is 4.46. The fourth-order valence-corrected chi connectivity index (χ4v) is 6.37. The van der Waals surface area contributed by atoms with Gasteiger partial charge in [-0.1, -0.05) is 36.2 Å². The number of hydrogen-bond acceptors (Lipinski definition) is 6. The van der Waals surface area contributed by atoms with Crippen molar-refractivity contribution in [3.8, 4) is 0 Å². The number of aromatic nitrogens is 3. The van der Waals surface area contributed by atoms with Crippen molar-refractivity contribution in [2.45, 2.75) is 68.0 Å². The van der Waals surface area contributed by atoms with E-state index < -0.39 is 10.0 Å². The maximum absolute atomic E-state index is 13.1. The Hall–Kier alpha value is -1.62. The van der Waals surface area contributed by atoms with Crippen molar-refractivity contribution in [1.82, 2.24) is 19.1 Å². The van der Waals surface area contributed by atoms with Gasteiger partial charge in [-0.3, -0.25) is 4.79 Å². The molecular weight excluding hydrogens is 470 g/mol. The number of nitrogens with zero attached hydrogens (tertiary/aromatic N) is 4. The third kappa shape index (κ3) is 5.30. The largest absolute Gasteiger partial charge is 0.324 e. The maximum atomic E-state index is 13.1. The average Bonchev–Trinajstić information content (AvgIpc) is 3.58. The van der Waals surface area contributed by atoms with Gasteiger partial charge in [0.1, 0.15) is 5.82 Å². The van der Waals surface area contributed by atoms with Crippen LogP contribution in [0.2, 0.25) is 5.02 Å². The number of nitrogens with one attached hydrogen (secondary N) is 1. The fraction of sp³-hybridized carbons (Fsp3) is 0.571. The number of thioether (sulfide) groups is 1. The second-order valence-electron chi connectivity index (χ2n) is 8.16. The predicted molar refractivity (Wildman–Crippen MR) is 126 cm³/mol. The lowest BCUT2D eigenvalue weighted by Crippen LogP contribution is -2.32. The van der Waals surface area contributed by atoms with Gasteiger partial charge in [-0.15, -0.1) is 10.2 Å². The van der Waals surface area contributed by atoms with Crippen molar-refractivity contribution >= 4 is 45.0 Å². The van der Waals surface area contributed by atoms with E-state index in [1.165, 1.54) is 34.3 Å². The molecule has 2 aromatic rings. The Bertz CT molecular complexity index is 1080. The lowest BCUT2D eigenvalue weighted by Gasteiger charge is -2.20. The number of rotatable bonds is 8. The molecule has 1 aliphatic carbocycles. The van der Waals surface area contributed by atoms with E-state index in [2.05, 4.69) is 20.1 Å². The van der Waals surface area contributed by atoms with Crippen molar-refractivity contribution in [3.63, 3.8) is 0 Å². The fourth-order valence-electron chi connectivity index (χ4n) is 3.86. The first-order chi connectivity index (χ1) is 15.4. The summed E-state index contributed by atoms with van der Waals surface area (Å²) < 4.78 is 29.7. The van der Waals surface area contributed by atoms with Crippen LogP contribution in [-0.4, -0.2) is 52.2 Å². The predicted octanol–water partition coefficient (Wildman–Crippen LogP) is 4.12. The Kier molecular flexibility index (Phi) is 7.44. The van der Waals surface area contributed by atoms with Crippen molar-refractivity contribution in [1.29, 1.82) is 0 Å². The van der Waals surface area contributed by atoms with Gasteiger partial charge in [0.15, 0.2) is 5.16 Å². The van der Waals surface area contributed by atoms with E-state index in [0.717, 1.165) is 50.9 Å². The number of benzene rings is 1. The van der Waals surface area contributed by atoms with Gasteiger partial charge in [0.2, 0.25) is 15.9 Å². The monoisotopic (exact) mass is 497 g/mol. The summed E-state index contributed by atoms with van der Waals surface area (Å²) in [6.07, 6.45) is 6.08. The van der Waals surface area contributed by atoms with E-state index >= 15 is 0 Å². The van der Waals surface area contributed by atoms with Gasteiger partial charge < -0.3 is 9.88 Å². The van der Waals surface area contributed by atoms with Crippen LogP contribution < -0.4 is 5.32 Å². The number of amides is 1. The van der Waals surface area contributed by atoms with E-state index in [-0.39, 0.29) is 16.6 Å². The first kappa shape index (κ1) is 23.5. The van der Waals surface area contributed by atoms with Gasteiger partial charge >= 0.3 is 0 Å². The van der Waals surface area contributed by atoms with Crippen molar-refractivity contribution in [3.05, 3.63) is 29.0 Å². The van der Waals surface area contributed by atoms with E-state index in [1.807, 2.05) is 6.92 Å². The minimum absolute atomic E-state index is 0.127. The number of halogens is 1. The minimum atomic E-state index is -3.63. The first-order valence-electron chi connectivity index (χ1n) is 11.1. The van der Waals surface area contributed by atoms with Gasteiger partial charge in [0.05, 0.1) is 21.4 Å². The lowest BCUT2D eigenvalue weighted by atomic mass is 10.2. The zero-order valence-electron chi connectivity index (χ0n) is 18.1. The second kappa shape index (κ2) is 10.1. The van der Waals surface area contributed by atoms with Crippen LogP contribution in [0.1, 0.15) is 57.2 Å². The van der Waals surface area contributed by atoms with Gasteiger partial charge in [0, 0.05) is 25.6 Å². The van der Waals surface area contributed by atoms with E-state index in [9.17, 15) is 13.2 Å². The molecule has 0 unspecified atom stereocenters.